The van der Waals surface area contributed by atoms with Crippen LogP contribution in [0.15, 0.2) is 61.3 Å². The van der Waals surface area contributed by atoms with E-state index in [1.54, 1.807) is 13.3 Å². The topological polar surface area (TPSA) is 83.6 Å². The molecule has 144 valence electrons. The molecule has 1 aliphatic rings. The molecule has 2 N–H and O–H groups in total. The summed E-state index contributed by atoms with van der Waals surface area (Å²) in [4.78, 5) is 28.0. The number of aromatic amines is 1. The fourth-order valence-electron chi connectivity index (χ4n) is 4.40. The molecular weight excluding hydrogens is 362 g/mol. The van der Waals surface area contributed by atoms with Crippen LogP contribution in [0.5, 0.6) is 0 Å². The number of amides is 1. The quantitative estimate of drug-likeness (QED) is 0.567. The first-order valence-corrected chi connectivity index (χ1v) is 9.70. The van der Waals surface area contributed by atoms with Crippen molar-refractivity contribution in [2.24, 2.45) is 0 Å². The maximum Gasteiger partial charge on any atom is 0.216 e. The number of fused-ring (bicyclic) bond motifs is 2. The molecular formula is C23H21N5O. The van der Waals surface area contributed by atoms with Crippen molar-refractivity contribution in [1.82, 2.24) is 25.3 Å². The molecule has 1 amide bonds. The number of carbonyl (C=O) groups excluding carboxylic acids is 1. The molecule has 1 aliphatic carbocycles. The molecule has 0 aliphatic heterocycles. The summed E-state index contributed by atoms with van der Waals surface area (Å²) in [5, 5.41) is 4.06. The Labute approximate surface area is 168 Å². The molecule has 1 aromatic carbocycles. The van der Waals surface area contributed by atoms with E-state index in [0.29, 0.717) is 6.54 Å². The minimum Gasteiger partial charge on any atom is -0.355 e. The highest BCUT2D eigenvalue weighted by Crippen LogP contribution is 2.40. The number of benzene rings is 1. The zero-order valence-electron chi connectivity index (χ0n) is 16.1. The number of nitrogens with zero attached hydrogens (tertiary/aromatic N) is 3. The third-order valence-corrected chi connectivity index (χ3v) is 5.84. The predicted molar refractivity (Wildman–Crippen MR) is 111 cm³/mol. The number of hydrogen-bond donors (Lipinski definition) is 2. The van der Waals surface area contributed by atoms with Crippen LogP contribution in [-0.2, 0) is 23.1 Å². The number of pyridine rings is 1. The maximum absolute atomic E-state index is 11.7. The first kappa shape index (κ1) is 17.6. The summed E-state index contributed by atoms with van der Waals surface area (Å²) in [6, 6.07) is 12.6. The van der Waals surface area contributed by atoms with E-state index < -0.39 is 0 Å². The van der Waals surface area contributed by atoms with Gasteiger partial charge in [0, 0.05) is 48.4 Å². The third kappa shape index (κ3) is 3.06. The minimum absolute atomic E-state index is 0.0144. The highest BCUT2D eigenvalue weighted by Gasteiger charge is 2.39. The van der Waals surface area contributed by atoms with Crippen molar-refractivity contribution in [3.63, 3.8) is 0 Å². The Bertz CT molecular complexity index is 1190. The van der Waals surface area contributed by atoms with E-state index in [0.717, 1.165) is 35.1 Å². The summed E-state index contributed by atoms with van der Waals surface area (Å²) < 4.78 is 0. The summed E-state index contributed by atoms with van der Waals surface area (Å²) in [5.41, 5.74) is 6.33. The number of rotatable bonds is 4. The second-order valence-electron chi connectivity index (χ2n) is 7.73. The number of H-pyrrole nitrogens is 1. The van der Waals surface area contributed by atoms with E-state index in [1.807, 2.05) is 24.7 Å². The average Bonchev–Trinajstić information content (AvgIpc) is 3.37. The van der Waals surface area contributed by atoms with Gasteiger partial charge in [-0.3, -0.25) is 9.78 Å². The van der Waals surface area contributed by atoms with Crippen LogP contribution in [0.2, 0.25) is 0 Å². The standard InChI is InChI=1S/C23H21N5O/c1-15(29)26-13-23(10-17-5-7-24-12-18(17)11-23)19-4-2-3-16(9-19)21-20-6-8-25-22(20)28-14-27-21/h2-9,12,14H,10-11,13H2,1H3,(H,26,29)(H,25,27,28). The van der Waals surface area contributed by atoms with Crippen LogP contribution < -0.4 is 5.32 Å². The SMILES string of the molecule is CC(=O)NCC1(c2cccc(-c3ncnc4[nH]ccc34)c2)Cc2ccncc2C1. The van der Waals surface area contributed by atoms with Gasteiger partial charge in [0.05, 0.1) is 5.69 Å². The number of carbonyl (C=O) groups is 1. The van der Waals surface area contributed by atoms with Gasteiger partial charge in [-0.05, 0) is 47.7 Å². The molecule has 3 aromatic heterocycles. The van der Waals surface area contributed by atoms with E-state index in [4.69, 9.17) is 0 Å². The van der Waals surface area contributed by atoms with Gasteiger partial charge in [0.1, 0.15) is 12.0 Å². The normalized spacial score (nSPS) is 18.0. The Balaban J connectivity index is 1.60. The molecule has 6 heteroatoms. The van der Waals surface area contributed by atoms with E-state index in [2.05, 4.69) is 55.6 Å². The second kappa shape index (κ2) is 6.81. The molecule has 0 radical (unpaired) electrons. The highest BCUT2D eigenvalue weighted by molar-refractivity contribution is 5.90. The lowest BCUT2D eigenvalue weighted by Crippen LogP contribution is -2.41. The highest BCUT2D eigenvalue weighted by atomic mass is 16.1. The molecule has 29 heavy (non-hydrogen) atoms. The second-order valence-corrected chi connectivity index (χ2v) is 7.73. The van der Waals surface area contributed by atoms with Crippen molar-refractivity contribution in [3.05, 3.63) is 78.0 Å². The van der Waals surface area contributed by atoms with Crippen molar-refractivity contribution in [3.8, 4) is 11.3 Å². The van der Waals surface area contributed by atoms with Gasteiger partial charge < -0.3 is 10.3 Å². The van der Waals surface area contributed by atoms with Crippen LogP contribution >= 0.6 is 0 Å². The summed E-state index contributed by atoms with van der Waals surface area (Å²) in [6.45, 7) is 2.15. The first-order valence-electron chi connectivity index (χ1n) is 9.70. The number of aromatic nitrogens is 4. The van der Waals surface area contributed by atoms with Gasteiger partial charge in [-0.1, -0.05) is 18.2 Å². The molecule has 0 saturated heterocycles. The van der Waals surface area contributed by atoms with E-state index in [1.165, 1.54) is 16.7 Å². The number of hydrogen-bond acceptors (Lipinski definition) is 4. The Morgan fingerprint density at radius 2 is 2.07 bits per heavy atom. The van der Waals surface area contributed by atoms with Gasteiger partial charge in [0.15, 0.2) is 0 Å². The smallest absolute Gasteiger partial charge is 0.216 e. The summed E-state index contributed by atoms with van der Waals surface area (Å²) in [5.74, 6) is -0.0144. The Kier molecular flexibility index (Phi) is 4.12. The summed E-state index contributed by atoms with van der Waals surface area (Å²) in [6.07, 6.45) is 8.98. The molecule has 0 bridgehead atoms. The molecule has 4 aromatic rings. The van der Waals surface area contributed by atoms with E-state index in [-0.39, 0.29) is 11.3 Å². The van der Waals surface area contributed by atoms with Crippen LogP contribution in [0.4, 0.5) is 0 Å². The maximum atomic E-state index is 11.7. The van der Waals surface area contributed by atoms with Gasteiger partial charge in [0.2, 0.25) is 5.91 Å². The van der Waals surface area contributed by atoms with Crippen molar-refractivity contribution in [1.29, 1.82) is 0 Å². The molecule has 1 unspecified atom stereocenters. The van der Waals surface area contributed by atoms with E-state index >= 15 is 0 Å². The van der Waals surface area contributed by atoms with E-state index in [9.17, 15) is 4.79 Å². The van der Waals surface area contributed by atoms with Gasteiger partial charge in [-0.25, -0.2) is 9.97 Å². The Morgan fingerprint density at radius 1 is 1.17 bits per heavy atom. The van der Waals surface area contributed by atoms with Crippen molar-refractivity contribution >= 4 is 16.9 Å². The lowest BCUT2D eigenvalue weighted by molar-refractivity contribution is -0.119. The Hall–Kier alpha value is -3.54. The Morgan fingerprint density at radius 3 is 2.93 bits per heavy atom. The number of nitrogens with one attached hydrogen (secondary N) is 2. The fourth-order valence-corrected chi connectivity index (χ4v) is 4.40. The van der Waals surface area contributed by atoms with Crippen LogP contribution in [0.25, 0.3) is 22.3 Å². The molecule has 1 atom stereocenters. The van der Waals surface area contributed by atoms with Gasteiger partial charge in [-0.2, -0.15) is 0 Å². The molecule has 3 heterocycles. The first-order chi connectivity index (χ1) is 14.1. The van der Waals surface area contributed by atoms with Crippen LogP contribution in [-0.4, -0.2) is 32.4 Å². The minimum atomic E-state index is -0.197. The van der Waals surface area contributed by atoms with Gasteiger partial charge in [0.25, 0.3) is 0 Å². The van der Waals surface area contributed by atoms with Gasteiger partial charge in [-0.15, -0.1) is 0 Å². The molecule has 6 nitrogen and oxygen atoms in total. The zero-order valence-corrected chi connectivity index (χ0v) is 16.1. The average molecular weight is 383 g/mol. The molecule has 0 saturated carbocycles. The van der Waals surface area contributed by atoms with Gasteiger partial charge >= 0.3 is 0 Å². The largest absolute Gasteiger partial charge is 0.355 e. The third-order valence-electron chi connectivity index (χ3n) is 5.84. The lowest BCUT2D eigenvalue weighted by atomic mass is 9.77. The summed E-state index contributed by atoms with van der Waals surface area (Å²) >= 11 is 0. The molecule has 0 fully saturated rings. The van der Waals surface area contributed by atoms with Crippen LogP contribution in [0.3, 0.4) is 0 Å². The predicted octanol–water partition coefficient (Wildman–Crippen LogP) is 3.19. The van der Waals surface area contributed by atoms with Crippen molar-refractivity contribution in [2.75, 3.05) is 6.54 Å². The molecule has 5 rings (SSSR count). The van der Waals surface area contributed by atoms with Crippen LogP contribution in [0.1, 0.15) is 23.6 Å². The monoisotopic (exact) mass is 383 g/mol. The van der Waals surface area contributed by atoms with Crippen LogP contribution in [0, 0.1) is 0 Å². The fraction of sp³-hybridized carbons (Fsp3) is 0.217. The van der Waals surface area contributed by atoms with Crippen molar-refractivity contribution < 1.29 is 4.79 Å². The lowest BCUT2D eigenvalue weighted by Gasteiger charge is -2.30. The van der Waals surface area contributed by atoms with Crippen molar-refractivity contribution in [2.45, 2.75) is 25.2 Å². The summed E-state index contributed by atoms with van der Waals surface area (Å²) in [7, 11) is 0. The zero-order chi connectivity index (χ0) is 19.8. The molecule has 0 spiro atoms.